The van der Waals surface area contributed by atoms with Gasteiger partial charge < -0.3 is 5.32 Å². The second kappa shape index (κ2) is 5.50. The maximum atomic E-state index is 4.48. The van der Waals surface area contributed by atoms with E-state index in [0.717, 1.165) is 17.2 Å². The highest BCUT2D eigenvalue weighted by Gasteiger charge is 2.03. The highest BCUT2D eigenvalue weighted by Crippen LogP contribution is 2.12. The molecule has 0 aromatic carbocycles. The standard InChI is InChI=1S/C13H16N4/c1-10(2)16-9-13-15-8-6-12(17-13)11-5-3-4-7-14-11/h3-8,10,16H,9H2,1-2H3. The number of nitrogens with one attached hydrogen (secondary N) is 1. The molecule has 0 aliphatic heterocycles. The van der Waals surface area contributed by atoms with Crippen LogP contribution in [0.5, 0.6) is 0 Å². The van der Waals surface area contributed by atoms with Gasteiger partial charge in [-0.2, -0.15) is 0 Å². The Morgan fingerprint density at radius 3 is 2.65 bits per heavy atom. The molecule has 0 spiro atoms. The molecular weight excluding hydrogens is 212 g/mol. The third kappa shape index (κ3) is 3.32. The summed E-state index contributed by atoms with van der Waals surface area (Å²) < 4.78 is 0. The minimum atomic E-state index is 0.428. The summed E-state index contributed by atoms with van der Waals surface area (Å²) in [5.74, 6) is 0.793. The van der Waals surface area contributed by atoms with E-state index in [1.165, 1.54) is 0 Å². The summed E-state index contributed by atoms with van der Waals surface area (Å²) in [6, 6.07) is 8.10. The maximum absolute atomic E-state index is 4.48. The molecule has 0 aliphatic rings. The first kappa shape index (κ1) is 11.7. The van der Waals surface area contributed by atoms with Crippen LogP contribution in [-0.2, 0) is 6.54 Å². The predicted molar refractivity (Wildman–Crippen MR) is 67.2 cm³/mol. The second-order valence-electron chi connectivity index (χ2n) is 4.11. The zero-order valence-corrected chi connectivity index (χ0v) is 10.1. The minimum Gasteiger partial charge on any atom is -0.308 e. The Kier molecular flexibility index (Phi) is 3.77. The lowest BCUT2D eigenvalue weighted by Gasteiger charge is -2.07. The van der Waals surface area contributed by atoms with Gasteiger partial charge in [-0.25, -0.2) is 9.97 Å². The van der Waals surface area contributed by atoms with Gasteiger partial charge in [-0.1, -0.05) is 19.9 Å². The molecule has 0 atom stereocenters. The van der Waals surface area contributed by atoms with Gasteiger partial charge >= 0.3 is 0 Å². The lowest BCUT2D eigenvalue weighted by Crippen LogP contribution is -2.23. The van der Waals surface area contributed by atoms with E-state index in [1.54, 1.807) is 12.4 Å². The molecule has 0 saturated carbocycles. The van der Waals surface area contributed by atoms with Crippen molar-refractivity contribution in [3.63, 3.8) is 0 Å². The molecule has 0 radical (unpaired) electrons. The third-order valence-electron chi connectivity index (χ3n) is 2.30. The van der Waals surface area contributed by atoms with Crippen molar-refractivity contribution >= 4 is 0 Å². The van der Waals surface area contributed by atoms with Crippen LogP contribution in [0.4, 0.5) is 0 Å². The van der Waals surface area contributed by atoms with Gasteiger partial charge in [-0.3, -0.25) is 4.98 Å². The largest absolute Gasteiger partial charge is 0.308 e. The summed E-state index contributed by atoms with van der Waals surface area (Å²) in [7, 11) is 0. The van der Waals surface area contributed by atoms with Gasteiger partial charge in [0.05, 0.1) is 17.9 Å². The summed E-state index contributed by atoms with van der Waals surface area (Å²) in [5, 5.41) is 3.30. The summed E-state index contributed by atoms with van der Waals surface area (Å²) in [5.41, 5.74) is 1.74. The molecule has 2 aromatic rings. The Hall–Kier alpha value is -1.81. The number of hydrogen-bond acceptors (Lipinski definition) is 4. The van der Waals surface area contributed by atoms with Gasteiger partial charge in [0.2, 0.25) is 0 Å². The van der Waals surface area contributed by atoms with E-state index in [0.29, 0.717) is 12.6 Å². The van der Waals surface area contributed by atoms with Crippen LogP contribution in [0.25, 0.3) is 11.4 Å². The van der Waals surface area contributed by atoms with Crippen molar-refractivity contribution in [1.82, 2.24) is 20.3 Å². The van der Waals surface area contributed by atoms with Crippen molar-refractivity contribution in [3.8, 4) is 11.4 Å². The zero-order valence-electron chi connectivity index (χ0n) is 10.1. The molecular formula is C13H16N4. The van der Waals surface area contributed by atoms with E-state index in [4.69, 9.17) is 0 Å². The van der Waals surface area contributed by atoms with Crippen LogP contribution in [-0.4, -0.2) is 21.0 Å². The van der Waals surface area contributed by atoms with Gasteiger partial charge in [-0.15, -0.1) is 0 Å². The van der Waals surface area contributed by atoms with Gasteiger partial charge in [0, 0.05) is 18.4 Å². The maximum Gasteiger partial charge on any atom is 0.142 e. The van der Waals surface area contributed by atoms with Crippen molar-refractivity contribution in [2.75, 3.05) is 0 Å². The Morgan fingerprint density at radius 1 is 1.06 bits per heavy atom. The van der Waals surface area contributed by atoms with Crippen LogP contribution in [0.3, 0.4) is 0 Å². The number of hydrogen-bond donors (Lipinski definition) is 1. The molecule has 2 aromatic heterocycles. The number of pyridine rings is 1. The Balaban J connectivity index is 2.17. The van der Waals surface area contributed by atoms with Gasteiger partial charge in [0.15, 0.2) is 0 Å². The summed E-state index contributed by atoms with van der Waals surface area (Å²) in [6.07, 6.45) is 3.54. The Bertz CT molecular complexity index is 468. The first-order chi connectivity index (χ1) is 8.25. The van der Waals surface area contributed by atoms with Gasteiger partial charge in [0.25, 0.3) is 0 Å². The van der Waals surface area contributed by atoms with Crippen molar-refractivity contribution in [2.45, 2.75) is 26.4 Å². The zero-order chi connectivity index (χ0) is 12.1. The molecule has 2 heterocycles. The normalized spacial score (nSPS) is 10.8. The van der Waals surface area contributed by atoms with E-state index in [-0.39, 0.29) is 0 Å². The predicted octanol–water partition coefficient (Wildman–Crippen LogP) is 2.04. The number of aromatic nitrogens is 3. The van der Waals surface area contributed by atoms with Crippen LogP contribution < -0.4 is 5.32 Å². The molecule has 1 N–H and O–H groups in total. The molecule has 0 unspecified atom stereocenters. The molecule has 4 nitrogen and oxygen atoms in total. The Labute approximate surface area is 101 Å². The van der Waals surface area contributed by atoms with Gasteiger partial charge in [-0.05, 0) is 18.2 Å². The molecule has 88 valence electrons. The lowest BCUT2D eigenvalue weighted by molar-refractivity contribution is 0.572. The molecule has 0 saturated heterocycles. The van der Waals surface area contributed by atoms with Crippen molar-refractivity contribution < 1.29 is 0 Å². The third-order valence-corrected chi connectivity index (χ3v) is 2.30. The molecule has 0 amide bonds. The smallest absolute Gasteiger partial charge is 0.142 e. The quantitative estimate of drug-likeness (QED) is 0.870. The molecule has 0 bridgehead atoms. The van der Waals surface area contributed by atoms with Gasteiger partial charge in [0.1, 0.15) is 5.82 Å². The molecule has 17 heavy (non-hydrogen) atoms. The first-order valence-electron chi connectivity index (χ1n) is 5.72. The van der Waals surface area contributed by atoms with Crippen molar-refractivity contribution in [3.05, 3.63) is 42.5 Å². The Morgan fingerprint density at radius 2 is 1.94 bits per heavy atom. The summed E-state index contributed by atoms with van der Waals surface area (Å²) >= 11 is 0. The van der Waals surface area contributed by atoms with E-state index in [1.807, 2.05) is 24.3 Å². The fourth-order valence-corrected chi connectivity index (χ4v) is 1.44. The molecule has 4 heteroatoms. The van der Waals surface area contributed by atoms with Crippen molar-refractivity contribution in [1.29, 1.82) is 0 Å². The van der Waals surface area contributed by atoms with Crippen LogP contribution in [0, 0.1) is 0 Å². The molecule has 2 rings (SSSR count). The van der Waals surface area contributed by atoms with E-state index < -0.39 is 0 Å². The van der Waals surface area contributed by atoms with E-state index in [9.17, 15) is 0 Å². The number of rotatable bonds is 4. The van der Waals surface area contributed by atoms with E-state index in [2.05, 4.69) is 34.1 Å². The highest BCUT2D eigenvalue weighted by molar-refractivity contribution is 5.52. The first-order valence-corrected chi connectivity index (χ1v) is 5.72. The lowest BCUT2D eigenvalue weighted by atomic mass is 10.2. The SMILES string of the molecule is CC(C)NCc1nccc(-c2ccccn2)n1. The van der Waals surface area contributed by atoms with Crippen LogP contribution >= 0.6 is 0 Å². The fraction of sp³-hybridized carbons (Fsp3) is 0.308. The minimum absolute atomic E-state index is 0.428. The summed E-state index contributed by atoms with van der Waals surface area (Å²) in [4.78, 5) is 13.0. The van der Waals surface area contributed by atoms with E-state index >= 15 is 0 Å². The summed E-state index contributed by atoms with van der Waals surface area (Å²) in [6.45, 7) is 4.88. The monoisotopic (exact) mass is 228 g/mol. The van der Waals surface area contributed by atoms with Crippen LogP contribution in [0.15, 0.2) is 36.7 Å². The fourth-order valence-electron chi connectivity index (χ4n) is 1.44. The average Bonchev–Trinajstić information content (AvgIpc) is 2.38. The molecule has 0 fully saturated rings. The van der Waals surface area contributed by atoms with Crippen LogP contribution in [0.1, 0.15) is 19.7 Å². The highest BCUT2D eigenvalue weighted by atomic mass is 15.0. The molecule has 0 aliphatic carbocycles. The second-order valence-corrected chi connectivity index (χ2v) is 4.11. The van der Waals surface area contributed by atoms with Crippen molar-refractivity contribution in [2.24, 2.45) is 0 Å². The van der Waals surface area contributed by atoms with Crippen LogP contribution in [0.2, 0.25) is 0 Å². The average molecular weight is 228 g/mol. The topological polar surface area (TPSA) is 50.7 Å². The number of nitrogens with zero attached hydrogens (tertiary/aromatic N) is 3.